The molecule has 0 spiro atoms. The van der Waals surface area contributed by atoms with Crippen LogP contribution in [0.1, 0.15) is 36.8 Å². The Hall–Kier alpha value is -2.08. The molecule has 6 heteroatoms. The van der Waals surface area contributed by atoms with Crippen molar-refractivity contribution in [3.05, 3.63) is 29.3 Å². The summed E-state index contributed by atoms with van der Waals surface area (Å²) in [6.07, 6.45) is 1.82. The van der Waals surface area contributed by atoms with Gasteiger partial charge in [0, 0.05) is 13.1 Å². The fraction of sp³-hybridized carbons (Fsp3) is 0.600. The molecule has 1 aromatic rings. The van der Waals surface area contributed by atoms with Crippen LogP contribution in [0.4, 0.5) is 0 Å². The largest absolute Gasteiger partial charge is 0.484 e. The number of aliphatic carboxylic acids is 1. The molecule has 2 aliphatic rings. The van der Waals surface area contributed by atoms with Gasteiger partial charge >= 0.3 is 5.97 Å². The van der Waals surface area contributed by atoms with Gasteiger partial charge in [-0.25, -0.2) is 0 Å². The van der Waals surface area contributed by atoms with Crippen LogP contribution in [0.2, 0.25) is 0 Å². The SMILES string of the molecule is Cc1ccc(OCC(=O)N2CC[C@H](O)[C@@](CC3CC3)(C(=O)O)C2)cc1C. The van der Waals surface area contributed by atoms with E-state index in [0.29, 0.717) is 24.6 Å². The lowest BCUT2D eigenvalue weighted by molar-refractivity contribution is -0.167. The molecule has 0 aromatic heterocycles. The number of hydrogen-bond acceptors (Lipinski definition) is 4. The van der Waals surface area contributed by atoms with E-state index in [-0.39, 0.29) is 25.5 Å². The van der Waals surface area contributed by atoms with Crippen molar-refractivity contribution in [2.45, 2.75) is 45.6 Å². The Morgan fingerprint density at radius 3 is 2.58 bits per heavy atom. The summed E-state index contributed by atoms with van der Waals surface area (Å²) in [4.78, 5) is 26.0. The summed E-state index contributed by atoms with van der Waals surface area (Å²) in [5, 5.41) is 20.2. The highest BCUT2D eigenvalue weighted by molar-refractivity contribution is 5.81. The van der Waals surface area contributed by atoms with Crippen molar-refractivity contribution in [3.8, 4) is 5.75 Å². The van der Waals surface area contributed by atoms with Crippen LogP contribution >= 0.6 is 0 Å². The minimum atomic E-state index is -1.25. The second kappa shape index (κ2) is 7.27. The van der Waals surface area contributed by atoms with Crippen molar-refractivity contribution in [2.24, 2.45) is 11.3 Å². The van der Waals surface area contributed by atoms with Gasteiger partial charge in [-0.2, -0.15) is 0 Å². The molecule has 142 valence electrons. The first-order valence-electron chi connectivity index (χ1n) is 9.21. The smallest absolute Gasteiger partial charge is 0.314 e. The first-order chi connectivity index (χ1) is 12.3. The number of carbonyl (C=O) groups is 2. The summed E-state index contributed by atoms with van der Waals surface area (Å²) < 4.78 is 5.60. The lowest BCUT2D eigenvalue weighted by Gasteiger charge is -2.43. The molecule has 1 aromatic carbocycles. The number of rotatable bonds is 6. The molecular weight excluding hydrogens is 334 g/mol. The highest BCUT2D eigenvalue weighted by Gasteiger charge is 2.52. The highest BCUT2D eigenvalue weighted by atomic mass is 16.5. The lowest BCUT2D eigenvalue weighted by atomic mass is 9.73. The molecule has 1 aliphatic carbocycles. The van der Waals surface area contributed by atoms with E-state index in [0.717, 1.165) is 24.0 Å². The highest BCUT2D eigenvalue weighted by Crippen LogP contribution is 2.45. The van der Waals surface area contributed by atoms with Crippen LogP contribution in [-0.2, 0) is 9.59 Å². The zero-order valence-corrected chi connectivity index (χ0v) is 15.4. The summed E-state index contributed by atoms with van der Waals surface area (Å²) in [6.45, 7) is 4.27. The van der Waals surface area contributed by atoms with Crippen molar-refractivity contribution >= 4 is 11.9 Å². The number of aryl methyl sites for hydroxylation is 2. The van der Waals surface area contributed by atoms with E-state index in [9.17, 15) is 19.8 Å². The molecule has 1 saturated heterocycles. The Labute approximate surface area is 153 Å². The third-order valence-corrected chi connectivity index (χ3v) is 5.75. The van der Waals surface area contributed by atoms with Crippen molar-refractivity contribution in [1.82, 2.24) is 4.90 Å². The van der Waals surface area contributed by atoms with Gasteiger partial charge in [0.15, 0.2) is 6.61 Å². The monoisotopic (exact) mass is 361 g/mol. The van der Waals surface area contributed by atoms with Crippen molar-refractivity contribution in [1.29, 1.82) is 0 Å². The van der Waals surface area contributed by atoms with Gasteiger partial charge in [0.1, 0.15) is 11.2 Å². The van der Waals surface area contributed by atoms with E-state index in [1.54, 1.807) is 0 Å². The number of nitrogens with zero attached hydrogens (tertiary/aromatic N) is 1. The Morgan fingerprint density at radius 1 is 1.23 bits per heavy atom. The average molecular weight is 361 g/mol. The molecule has 1 amide bonds. The number of aliphatic hydroxyl groups is 1. The first kappa shape index (κ1) is 18.7. The summed E-state index contributed by atoms with van der Waals surface area (Å²) in [7, 11) is 0. The van der Waals surface area contributed by atoms with Crippen LogP contribution < -0.4 is 4.74 Å². The van der Waals surface area contributed by atoms with Gasteiger partial charge in [-0.1, -0.05) is 18.9 Å². The number of aliphatic hydroxyl groups excluding tert-OH is 1. The van der Waals surface area contributed by atoms with E-state index in [2.05, 4.69) is 0 Å². The Morgan fingerprint density at radius 2 is 1.96 bits per heavy atom. The fourth-order valence-electron chi connectivity index (χ4n) is 3.67. The minimum absolute atomic E-state index is 0.0507. The summed E-state index contributed by atoms with van der Waals surface area (Å²) in [6, 6.07) is 5.65. The Kier molecular flexibility index (Phi) is 5.23. The standard InChI is InChI=1S/C20H27NO5/c1-13-3-6-16(9-14(13)2)26-11-18(23)21-8-7-17(22)20(12-21,19(24)25)10-15-4-5-15/h3,6,9,15,17,22H,4-5,7-8,10-12H2,1-2H3,(H,24,25)/t17-,20-/m0/s1. The maximum Gasteiger partial charge on any atom is 0.314 e. The quantitative estimate of drug-likeness (QED) is 0.811. The number of piperidine rings is 1. The van der Waals surface area contributed by atoms with Gasteiger partial charge in [0.25, 0.3) is 5.91 Å². The third kappa shape index (κ3) is 3.85. The van der Waals surface area contributed by atoms with E-state index in [1.807, 2.05) is 32.0 Å². The van der Waals surface area contributed by atoms with Gasteiger partial charge in [-0.15, -0.1) is 0 Å². The van der Waals surface area contributed by atoms with Gasteiger partial charge < -0.3 is 19.8 Å². The van der Waals surface area contributed by atoms with Crippen molar-refractivity contribution < 1.29 is 24.5 Å². The van der Waals surface area contributed by atoms with Crippen LogP contribution in [0.3, 0.4) is 0 Å². The molecule has 1 saturated carbocycles. The van der Waals surface area contributed by atoms with Crippen molar-refractivity contribution in [3.63, 3.8) is 0 Å². The number of likely N-dealkylation sites (tertiary alicyclic amines) is 1. The van der Waals surface area contributed by atoms with Gasteiger partial charge in [0.2, 0.25) is 0 Å². The molecule has 1 heterocycles. The fourth-order valence-corrected chi connectivity index (χ4v) is 3.67. The number of amides is 1. The Balaban J connectivity index is 1.65. The predicted molar refractivity (Wildman–Crippen MR) is 96.0 cm³/mol. The first-order valence-corrected chi connectivity index (χ1v) is 9.21. The maximum absolute atomic E-state index is 12.6. The average Bonchev–Trinajstić information content (AvgIpc) is 3.41. The van der Waals surface area contributed by atoms with Gasteiger partial charge in [-0.3, -0.25) is 9.59 Å². The lowest BCUT2D eigenvalue weighted by Crippen LogP contribution is -2.58. The van der Waals surface area contributed by atoms with E-state index < -0.39 is 17.5 Å². The zero-order chi connectivity index (χ0) is 18.9. The second-order valence-corrected chi connectivity index (χ2v) is 7.76. The number of carbonyl (C=O) groups excluding carboxylic acids is 1. The normalized spacial score (nSPS) is 25.8. The minimum Gasteiger partial charge on any atom is -0.484 e. The molecule has 0 radical (unpaired) electrons. The molecule has 1 aliphatic heterocycles. The molecule has 6 nitrogen and oxygen atoms in total. The second-order valence-electron chi connectivity index (χ2n) is 7.76. The molecule has 2 atom stereocenters. The van der Waals surface area contributed by atoms with Gasteiger partial charge in [-0.05, 0) is 55.9 Å². The summed E-state index contributed by atoms with van der Waals surface area (Å²) in [5.41, 5.74) is 0.987. The van der Waals surface area contributed by atoms with E-state index >= 15 is 0 Å². The van der Waals surface area contributed by atoms with E-state index in [1.165, 1.54) is 4.90 Å². The molecule has 26 heavy (non-hydrogen) atoms. The number of ether oxygens (including phenoxy) is 1. The molecular formula is C20H27NO5. The zero-order valence-electron chi connectivity index (χ0n) is 15.4. The van der Waals surface area contributed by atoms with Crippen LogP contribution in [0.25, 0.3) is 0 Å². The Bertz CT molecular complexity index is 699. The van der Waals surface area contributed by atoms with Crippen LogP contribution in [0.5, 0.6) is 5.75 Å². The maximum atomic E-state index is 12.6. The number of benzene rings is 1. The molecule has 0 bridgehead atoms. The number of carboxylic acid groups (broad SMARTS) is 1. The number of carboxylic acids is 1. The van der Waals surface area contributed by atoms with Gasteiger partial charge in [0.05, 0.1) is 6.10 Å². The summed E-state index contributed by atoms with van der Waals surface area (Å²) in [5.74, 6) is -0.274. The third-order valence-electron chi connectivity index (χ3n) is 5.75. The van der Waals surface area contributed by atoms with E-state index in [4.69, 9.17) is 4.74 Å². The van der Waals surface area contributed by atoms with Crippen LogP contribution in [0.15, 0.2) is 18.2 Å². The van der Waals surface area contributed by atoms with Crippen LogP contribution in [0, 0.1) is 25.2 Å². The van der Waals surface area contributed by atoms with Crippen molar-refractivity contribution in [2.75, 3.05) is 19.7 Å². The molecule has 0 unspecified atom stereocenters. The predicted octanol–water partition coefficient (Wildman–Crippen LogP) is 2.15. The topological polar surface area (TPSA) is 87.1 Å². The van der Waals surface area contributed by atoms with Crippen LogP contribution in [-0.4, -0.2) is 52.8 Å². The molecule has 2 fully saturated rings. The molecule has 2 N–H and O–H groups in total. The summed E-state index contributed by atoms with van der Waals surface area (Å²) >= 11 is 0. The molecule has 3 rings (SSSR count). The number of hydrogen-bond donors (Lipinski definition) is 2.